The van der Waals surface area contributed by atoms with Crippen molar-refractivity contribution < 1.29 is 0 Å². The quantitative estimate of drug-likeness (QED) is 0.553. The average Bonchev–Trinajstić information content (AvgIpc) is 2.98. The Morgan fingerprint density at radius 1 is 1.64 bits per heavy atom. The largest absolute Gasteiger partial charge is 0.271 e. The first-order chi connectivity index (χ1) is 6.79. The van der Waals surface area contributed by atoms with Crippen molar-refractivity contribution in [2.75, 3.05) is 0 Å². The molecule has 1 aliphatic rings. The maximum Gasteiger partial charge on any atom is 0.125 e. The van der Waals surface area contributed by atoms with Crippen LogP contribution in [-0.4, -0.2) is 9.97 Å². The zero-order chi connectivity index (χ0) is 9.97. The van der Waals surface area contributed by atoms with Crippen molar-refractivity contribution in [2.24, 2.45) is 11.8 Å². The van der Waals surface area contributed by atoms with Crippen molar-refractivity contribution in [3.8, 4) is 0 Å². The summed E-state index contributed by atoms with van der Waals surface area (Å²) in [6, 6.07) is 2.11. The summed E-state index contributed by atoms with van der Waals surface area (Å²) >= 11 is 0. The molecule has 1 fully saturated rings. The Hall–Kier alpha value is -1.00. The normalized spacial score (nSPS) is 18.1. The molecule has 0 bridgehead atoms. The molecule has 0 saturated heterocycles. The number of nitrogens with two attached hydrogens (primary N) is 1. The van der Waals surface area contributed by atoms with Crippen molar-refractivity contribution in [2.45, 2.75) is 32.2 Å². The highest BCUT2D eigenvalue weighted by Gasteiger charge is 2.26. The Labute approximate surface area is 83.9 Å². The maximum atomic E-state index is 5.52. The van der Waals surface area contributed by atoms with Gasteiger partial charge in [0, 0.05) is 6.20 Å². The fourth-order valence-corrected chi connectivity index (χ4v) is 1.63. The van der Waals surface area contributed by atoms with Crippen molar-refractivity contribution in [1.29, 1.82) is 0 Å². The third-order valence-corrected chi connectivity index (χ3v) is 2.62. The second-order valence-electron chi connectivity index (χ2n) is 3.93. The van der Waals surface area contributed by atoms with E-state index in [4.69, 9.17) is 5.84 Å². The van der Waals surface area contributed by atoms with Gasteiger partial charge in [-0.3, -0.25) is 11.3 Å². The molecule has 76 valence electrons. The van der Waals surface area contributed by atoms with Gasteiger partial charge in [-0.1, -0.05) is 12.8 Å². The van der Waals surface area contributed by atoms with E-state index >= 15 is 0 Å². The molecule has 0 amide bonds. The molecular formula is C10H16N4. The molecule has 1 atom stereocenters. The van der Waals surface area contributed by atoms with Crippen molar-refractivity contribution in [1.82, 2.24) is 15.4 Å². The average molecular weight is 192 g/mol. The van der Waals surface area contributed by atoms with Crippen LogP contribution in [0.2, 0.25) is 0 Å². The number of hydrogen-bond acceptors (Lipinski definition) is 4. The molecule has 0 radical (unpaired) electrons. The van der Waals surface area contributed by atoms with Gasteiger partial charge in [0.15, 0.2) is 0 Å². The van der Waals surface area contributed by atoms with E-state index in [2.05, 4.69) is 15.4 Å². The van der Waals surface area contributed by atoms with Gasteiger partial charge >= 0.3 is 0 Å². The molecule has 0 spiro atoms. The number of hydrogen-bond donors (Lipinski definition) is 2. The molecule has 1 aromatic rings. The maximum absolute atomic E-state index is 5.52. The number of hydrazine groups is 1. The zero-order valence-electron chi connectivity index (χ0n) is 8.40. The van der Waals surface area contributed by atoms with Crippen molar-refractivity contribution in [3.63, 3.8) is 0 Å². The van der Waals surface area contributed by atoms with E-state index in [0.29, 0.717) is 0 Å². The van der Waals surface area contributed by atoms with Gasteiger partial charge in [0.25, 0.3) is 0 Å². The number of nitrogens with zero attached hydrogens (tertiary/aromatic N) is 2. The van der Waals surface area contributed by atoms with E-state index in [9.17, 15) is 0 Å². The Kier molecular flexibility index (Phi) is 2.74. The number of aryl methyl sites for hydroxylation is 1. The molecule has 1 saturated carbocycles. The van der Waals surface area contributed by atoms with Crippen LogP contribution in [0.15, 0.2) is 12.3 Å². The number of rotatable bonds is 4. The molecular weight excluding hydrogens is 176 g/mol. The minimum Gasteiger partial charge on any atom is -0.271 e. The van der Waals surface area contributed by atoms with Crippen LogP contribution in [0.25, 0.3) is 0 Å². The SMILES string of the molecule is Cc1nccc(C(CC2CC2)NN)n1. The molecule has 2 rings (SSSR count). The highest BCUT2D eigenvalue weighted by Crippen LogP contribution is 2.36. The third kappa shape index (κ3) is 2.27. The lowest BCUT2D eigenvalue weighted by molar-refractivity contribution is 0.475. The van der Waals surface area contributed by atoms with E-state index in [1.165, 1.54) is 12.8 Å². The van der Waals surface area contributed by atoms with Gasteiger partial charge in [0.05, 0.1) is 11.7 Å². The minimum atomic E-state index is 0.184. The van der Waals surface area contributed by atoms with Gasteiger partial charge in [-0.2, -0.15) is 0 Å². The highest BCUT2D eigenvalue weighted by atomic mass is 15.2. The Bertz CT molecular complexity index is 309. The van der Waals surface area contributed by atoms with Crippen LogP contribution >= 0.6 is 0 Å². The van der Waals surface area contributed by atoms with Gasteiger partial charge in [-0.15, -0.1) is 0 Å². The second-order valence-corrected chi connectivity index (χ2v) is 3.93. The van der Waals surface area contributed by atoms with Crippen molar-refractivity contribution >= 4 is 0 Å². The van der Waals surface area contributed by atoms with Gasteiger partial charge in [-0.05, 0) is 25.3 Å². The van der Waals surface area contributed by atoms with Gasteiger partial charge in [-0.25, -0.2) is 9.97 Å². The van der Waals surface area contributed by atoms with Gasteiger partial charge in [0.1, 0.15) is 5.82 Å². The lowest BCUT2D eigenvalue weighted by Crippen LogP contribution is -2.29. The molecule has 1 heterocycles. The molecule has 1 aliphatic carbocycles. The molecule has 14 heavy (non-hydrogen) atoms. The zero-order valence-corrected chi connectivity index (χ0v) is 8.40. The monoisotopic (exact) mass is 192 g/mol. The van der Waals surface area contributed by atoms with Crippen LogP contribution in [0.3, 0.4) is 0 Å². The summed E-state index contributed by atoms with van der Waals surface area (Å²) in [5.74, 6) is 7.16. The van der Waals surface area contributed by atoms with Gasteiger partial charge < -0.3 is 0 Å². The summed E-state index contributed by atoms with van der Waals surface area (Å²) in [7, 11) is 0. The van der Waals surface area contributed by atoms with Gasteiger partial charge in [0.2, 0.25) is 0 Å². The lowest BCUT2D eigenvalue weighted by Gasteiger charge is -2.14. The molecule has 1 aromatic heterocycles. The standard InChI is InChI=1S/C10H16N4/c1-7-12-5-4-9(13-7)10(14-11)6-8-2-3-8/h4-5,8,10,14H,2-3,6,11H2,1H3. The Morgan fingerprint density at radius 2 is 2.43 bits per heavy atom. The highest BCUT2D eigenvalue weighted by molar-refractivity contribution is 5.07. The van der Waals surface area contributed by atoms with Crippen molar-refractivity contribution in [3.05, 3.63) is 23.8 Å². The van der Waals surface area contributed by atoms with Crippen LogP contribution in [0.4, 0.5) is 0 Å². The molecule has 4 heteroatoms. The summed E-state index contributed by atoms with van der Waals surface area (Å²) in [5, 5.41) is 0. The van der Waals surface area contributed by atoms with Crippen LogP contribution in [-0.2, 0) is 0 Å². The summed E-state index contributed by atoms with van der Waals surface area (Å²) in [4.78, 5) is 8.44. The first kappa shape index (κ1) is 9.55. The van der Waals surface area contributed by atoms with Crippen LogP contribution < -0.4 is 11.3 Å². The van der Waals surface area contributed by atoms with E-state index in [1.54, 1.807) is 6.20 Å². The minimum absolute atomic E-state index is 0.184. The smallest absolute Gasteiger partial charge is 0.125 e. The summed E-state index contributed by atoms with van der Waals surface area (Å²) in [6.45, 7) is 1.90. The molecule has 0 aliphatic heterocycles. The number of nitrogens with one attached hydrogen (secondary N) is 1. The van der Waals surface area contributed by atoms with Crippen LogP contribution in [0.1, 0.15) is 36.8 Å². The molecule has 0 aromatic carbocycles. The lowest BCUT2D eigenvalue weighted by atomic mass is 10.1. The van der Waals surface area contributed by atoms with E-state index in [0.717, 1.165) is 23.9 Å². The fourth-order valence-electron chi connectivity index (χ4n) is 1.63. The second kappa shape index (κ2) is 4.02. The number of aromatic nitrogens is 2. The predicted octanol–water partition coefficient (Wildman–Crippen LogP) is 1.09. The molecule has 3 N–H and O–H groups in total. The van der Waals surface area contributed by atoms with E-state index in [1.807, 2.05) is 13.0 Å². The summed E-state index contributed by atoms with van der Waals surface area (Å²) in [5.41, 5.74) is 3.83. The topological polar surface area (TPSA) is 63.8 Å². The summed E-state index contributed by atoms with van der Waals surface area (Å²) in [6.07, 6.45) is 5.55. The Balaban J connectivity index is 2.08. The van der Waals surface area contributed by atoms with Crippen LogP contribution in [0, 0.1) is 12.8 Å². The first-order valence-corrected chi connectivity index (χ1v) is 5.05. The summed E-state index contributed by atoms with van der Waals surface area (Å²) < 4.78 is 0. The molecule has 4 nitrogen and oxygen atoms in total. The fraction of sp³-hybridized carbons (Fsp3) is 0.600. The van der Waals surface area contributed by atoms with Crippen LogP contribution in [0.5, 0.6) is 0 Å². The Morgan fingerprint density at radius 3 is 3.00 bits per heavy atom. The first-order valence-electron chi connectivity index (χ1n) is 5.05. The molecule has 1 unspecified atom stereocenters. The van der Waals surface area contributed by atoms with E-state index in [-0.39, 0.29) is 6.04 Å². The predicted molar refractivity (Wildman–Crippen MR) is 54.2 cm³/mol. The third-order valence-electron chi connectivity index (χ3n) is 2.62. The van der Waals surface area contributed by atoms with E-state index < -0.39 is 0 Å².